The number of hydrogen-bond acceptors (Lipinski definition) is 2. The molecule has 1 amide bonds. The third-order valence-corrected chi connectivity index (χ3v) is 2.33. The molecule has 0 radical (unpaired) electrons. The van der Waals surface area contributed by atoms with Gasteiger partial charge in [0.05, 0.1) is 6.04 Å². The maximum atomic E-state index is 11.1. The zero-order chi connectivity index (χ0) is 9.26. The van der Waals surface area contributed by atoms with Crippen molar-refractivity contribution in [1.29, 1.82) is 0 Å². The molecule has 0 unspecified atom stereocenters. The summed E-state index contributed by atoms with van der Waals surface area (Å²) in [5.74, 6) is 0.0938. The zero-order valence-corrected chi connectivity index (χ0v) is 7.53. The summed E-state index contributed by atoms with van der Waals surface area (Å²) in [6.45, 7) is 0. The van der Waals surface area contributed by atoms with Gasteiger partial charge in [-0.3, -0.25) is 10.2 Å². The van der Waals surface area contributed by atoms with Crippen LogP contribution >= 0.6 is 0 Å². The predicted octanol–water partition coefficient (Wildman–Crippen LogP) is 1.09. The molecule has 0 spiro atoms. The second kappa shape index (κ2) is 3.18. The molecule has 3 nitrogen and oxygen atoms in total. The highest BCUT2D eigenvalue weighted by atomic mass is 16.2. The average Bonchev–Trinajstić information content (AvgIpc) is 2.47. The van der Waals surface area contributed by atoms with Gasteiger partial charge in [-0.05, 0) is 5.56 Å². The van der Waals surface area contributed by atoms with E-state index in [2.05, 4.69) is 5.43 Å². The van der Waals surface area contributed by atoms with Crippen molar-refractivity contribution in [1.82, 2.24) is 10.4 Å². The normalized spacial score (nSPS) is 23.2. The van der Waals surface area contributed by atoms with E-state index < -0.39 is 0 Å². The third-order valence-electron chi connectivity index (χ3n) is 2.33. The molecule has 68 valence electrons. The van der Waals surface area contributed by atoms with Crippen LogP contribution in [0.25, 0.3) is 0 Å². The molecule has 1 saturated heterocycles. The van der Waals surface area contributed by atoms with Crippen LogP contribution in [0.3, 0.4) is 0 Å². The molecular weight excluding hydrogens is 164 g/mol. The molecule has 1 aromatic rings. The number of nitrogens with one attached hydrogen (secondary N) is 1. The predicted molar refractivity (Wildman–Crippen MR) is 49.7 cm³/mol. The summed E-state index contributed by atoms with van der Waals surface area (Å²) < 4.78 is 0. The maximum absolute atomic E-state index is 11.1. The van der Waals surface area contributed by atoms with E-state index in [1.807, 2.05) is 42.4 Å². The topological polar surface area (TPSA) is 32.3 Å². The number of carbonyl (C=O) groups is 1. The van der Waals surface area contributed by atoms with E-state index in [9.17, 15) is 4.79 Å². The summed E-state index contributed by atoms with van der Waals surface area (Å²) in [6, 6.07) is 10.2. The van der Waals surface area contributed by atoms with E-state index in [0.29, 0.717) is 6.42 Å². The lowest BCUT2D eigenvalue weighted by molar-refractivity contribution is -0.120. The lowest BCUT2D eigenvalue weighted by Crippen LogP contribution is -2.30. The largest absolute Gasteiger partial charge is 0.289 e. The van der Waals surface area contributed by atoms with Crippen LogP contribution in [-0.2, 0) is 4.79 Å². The van der Waals surface area contributed by atoms with Gasteiger partial charge in [0, 0.05) is 13.5 Å². The number of rotatable bonds is 1. The molecule has 13 heavy (non-hydrogen) atoms. The van der Waals surface area contributed by atoms with Crippen molar-refractivity contribution in [3.8, 4) is 0 Å². The monoisotopic (exact) mass is 176 g/mol. The first-order valence-corrected chi connectivity index (χ1v) is 4.34. The first-order valence-electron chi connectivity index (χ1n) is 4.34. The van der Waals surface area contributed by atoms with Crippen molar-refractivity contribution in [2.45, 2.75) is 12.5 Å². The molecule has 1 aliphatic rings. The van der Waals surface area contributed by atoms with Crippen molar-refractivity contribution >= 4 is 5.91 Å². The Morgan fingerprint density at radius 1 is 1.38 bits per heavy atom. The molecule has 1 heterocycles. The highest BCUT2D eigenvalue weighted by Gasteiger charge is 2.27. The third kappa shape index (κ3) is 1.55. The van der Waals surface area contributed by atoms with Crippen LogP contribution in [0.4, 0.5) is 0 Å². The fourth-order valence-corrected chi connectivity index (χ4v) is 1.65. The van der Waals surface area contributed by atoms with Crippen molar-refractivity contribution in [3.05, 3.63) is 35.9 Å². The second-order valence-corrected chi connectivity index (χ2v) is 3.28. The standard InChI is InChI=1S/C10H12N2O/c1-12-9(7-10(13)11-12)8-5-3-2-4-6-8/h2-6,9H,7H2,1H3,(H,11,13)/t9-/m0/s1. The summed E-state index contributed by atoms with van der Waals surface area (Å²) in [6.07, 6.45) is 0.556. The van der Waals surface area contributed by atoms with Crippen LogP contribution in [-0.4, -0.2) is 18.0 Å². The molecule has 2 rings (SSSR count). The molecule has 0 saturated carbocycles. The quantitative estimate of drug-likeness (QED) is 0.694. The highest BCUT2D eigenvalue weighted by molar-refractivity contribution is 5.78. The Morgan fingerprint density at radius 3 is 2.62 bits per heavy atom. The first-order chi connectivity index (χ1) is 6.27. The van der Waals surface area contributed by atoms with Crippen LogP contribution in [0.2, 0.25) is 0 Å². The van der Waals surface area contributed by atoms with Gasteiger partial charge < -0.3 is 0 Å². The molecule has 1 aromatic carbocycles. The lowest BCUT2D eigenvalue weighted by Gasteiger charge is -2.17. The Kier molecular flexibility index (Phi) is 2.02. The highest BCUT2D eigenvalue weighted by Crippen LogP contribution is 2.25. The summed E-state index contributed by atoms with van der Waals surface area (Å²) >= 11 is 0. The molecule has 1 aliphatic heterocycles. The Hall–Kier alpha value is -1.35. The molecule has 1 atom stereocenters. The number of amides is 1. The van der Waals surface area contributed by atoms with Crippen LogP contribution in [0.1, 0.15) is 18.0 Å². The minimum atomic E-state index is 0.0938. The zero-order valence-electron chi connectivity index (χ0n) is 7.53. The van der Waals surface area contributed by atoms with Gasteiger partial charge in [0.1, 0.15) is 0 Å². The maximum Gasteiger partial charge on any atom is 0.236 e. The minimum absolute atomic E-state index is 0.0938. The molecule has 0 bridgehead atoms. The van der Waals surface area contributed by atoms with Gasteiger partial charge in [0.2, 0.25) is 5.91 Å². The van der Waals surface area contributed by atoms with Gasteiger partial charge in [-0.25, -0.2) is 5.01 Å². The van der Waals surface area contributed by atoms with Crippen LogP contribution in [0.5, 0.6) is 0 Å². The smallest absolute Gasteiger partial charge is 0.236 e. The van der Waals surface area contributed by atoms with Crippen LogP contribution in [0.15, 0.2) is 30.3 Å². The summed E-state index contributed by atoms with van der Waals surface area (Å²) in [7, 11) is 1.89. The lowest BCUT2D eigenvalue weighted by atomic mass is 10.1. The molecule has 1 N–H and O–H groups in total. The van der Waals surface area contributed by atoms with Crippen molar-refractivity contribution in [3.63, 3.8) is 0 Å². The van der Waals surface area contributed by atoms with E-state index in [4.69, 9.17) is 0 Å². The van der Waals surface area contributed by atoms with E-state index in [0.717, 1.165) is 0 Å². The van der Waals surface area contributed by atoms with E-state index in [1.165, 1.54) is 5.56 Å². The number of nitrogens with zero attached hydrogens (tertiary/aromatic N) is 1. The van der Waals surface area contributed by atoms with Gasteiger partial charge >= 0.3 is 0 Å². The van der Waals surface area contributed by atoms with Gasteiger partial charge in [0.15, 0.2) is 0 Å². The molecular formula is C10H12N2O. The SMILES string of the molecule is CN1NC(=O)C[C@H]1c1ccccc1. The van der Waals surface area contributed by atoms with Gasteiger partial charge in [-0.1, -0.05) is 30.3 Å². The average molecular weight is 176 g/mol. The van der Waals surface area contributed by atoms with Crippen molar-refractivity contribution < 1.29 is 4.79 Å². The summed E-state index contributed by atoms with van der Waals surface area (Å²) in [4.78, 5) is 11.1. The number of carbonyl (C=O) groups excluding carboxylic acids is 1. The van der Waals surface area contributed by atoms with E-state index in [-0.39, 0.29) is 11.9 Å². The summed E-state index contributed by atoms with van der Waals surface area (Å²) in [5.41, 5.74) is 3.94. The van der Waals surface area contributed by atoms with E-state index in [1.54, 1.807) is 0 Å². The second-order valence-electron chi connectivity index (χ2n) is 3.28. The number of hydrazine groups is 1. The van der Waals surface area contributed by atoms with Crippen molar-refractivity contribution in [2.24, 2.45) is 0 Å². The first kappa shape index (κ1) is 8.26. The molecule has 3 heteroatoms. The van der Waals surface area contributed by atoms with Gasteiger partial charge in [-0.2, -0.15) is 0 Å². The number of hydrogen-bond donors (Lipinski definition) is 1. The molecule has 0 aromatic heterocycles. The Bertz CT molecular complexity index is 310. The summed E-state index contributed by atoms with van der Waals surface area (Å²) in [5, 5.41) is 1.86. The van der Waals surface area contributed by atoms with Crippen LogP contribution in [0, 0.1) is 0 Å². The Morgan fingerprint density at radius 2 is 2.08 bits per heavy atom. The minimum Gasteiger partial charge on any atom is -0.289 e. The van der Waals surface area contributed by atoms with E-state index >= 15 is 0 Å². The van der Waals surface area contributed by atoms with Crippen molar-refractivity contribution in [2.75, 3.05) is 7.05 Å². The Balaban J connectivity index is 2.23. The fraction of sp³-hybridized carbons (Fsp3) is 0.300. The van der Waals surface area contributed by atoms with Crippen LogP contribution < -0.4 is 5.43 Å². The molecule has 0 aliphatic carbocycles. The van der Waals surface area contributed by atoms with Gasteiger partial charge in [0.25, 0.3) is 0 Å². The Labute approximate surface area is 77.3 Å². The van der Waals surface area contributed by atoms with Gasteiger partial charge in [-0.15, -0.1) is 0 Å². The fourth-order valence-electron chi connectivity index (χ4n) is 1.65. The number of benzene rings is 1. The molecule has 1 fully saturated rings.